The van der Waals surface area contributed by atoms with Crippen molar-refractivity contribution >= 4 is 33.5 Å². The second-order valence-electron chi connectivity index (χ2n) is 10.6. The zero-order valence-corrected chi connectivity index (χ0v) is 23.1. The number of carbonyl (C=O) groups excluding carboxylic acids is 1. The Labute approximate surface area is 239 Å². The largest absolute Gasteiger partial charge is 0.464 e. The van der Waals surface area contributed by atoms with E-state index in [1.54, 1.807) is 0 Å². The number of hydrogen-bond donors (Lipinski definition) is 2. The predicted octanol–water partition coefficient (Wildman–Crippen LogP) is 7.09. The van der Waals surface area contributed by atoms with E-state index in [2.05, 4.69) is 92.6 Å². The number of hydrogen-bond acceptors (Lipinski definition) is 4. The number of rotatable bonds is 6. The normalized spacial score (nSPS) is 14.1. The van der Waals surface area contributed by atoms with Crippen molar-refractivity contribution in [1.29, 1.82) is 0 Å². The summed E-state index contributed by atoms with van der Waals surface area (Å²) in [6.45, 7) is 4.97. The molecule has 2 N–H and O–H groups in total. The van der Waals surface area contributed by atoms with Gasteiger partial charge in [0.25, 0.3) is 0 Å². The van der Waals surface area contributed by atoms with Gasteiger partial charge >= 0.3 is 5.97 Å². The number of methoxy groups -OCH3 is 1. The molecular weight excluding hydrogens is 508 g/mol. The lowest BCUT2D eigenvalue weighted by Gasteiger charge is -2.36. The van der Waals surface area contributed by atoms with Crippen LogP contribution in [0.4, 0.5) is 5.69 Å². The quantitative estimate of drug-likeness (QED) is 0.221. The maximum Gasteiger partial charge on any atom is 0.355 e. The van der Waals surface area contributed by atoms with Crippen molar-refractivity contribution in [2.45, 2.75) is 6.54 Å². The minimum absolute atomic E-state index is 0.365. The SMILES string of the molecule is COC(=O)c1[nH]c2ccccc2c1-c1ccc(-c2ccccc2CN2CCN(c3cccc4[nH]ccc34)CC2)cc1. The number of ether oxygens (including phenoxy) is 1. The number of esters is 1. The molecular formula is C35H32N4O2. The summed E-state index contributed by atoms with van der Waals surface area (Å²) in [5, 5.41) is 2.30. The smallest absolute Gasteiger partial charge is 0.355 e. The first-order chi connectivity index (χ1) is 20.2. The van der Waals surface area contributed by atoms with Gasteiger partial charge in [-0.1, -0.05) is 72.8 Å². The summed E-state index contributed by atoms with van der Waals surface area (Å²) in [5.74, 6) is -0.365. The first-order valence-corrected chi connectivity index (χ1v) is 14.1. The van der Waals surface area contributed by atoms with Crippen LogP contribution in [-0.2, 0) is 11.3 Å². The molecule has 6 heteroatoms. The van der Waals surface area contributed by atoms with Crippen LogP contribution in [0.5, 0.6) is 0 Å². The summed E-state index contributed by atoms with van der Waals surface area (Å²) in [5.41, 5.74) is 9.50. The van der Waals surface area contributed by atoms with Crippen LogP contribution in [-0.4, -0.2) is 54.1 Å². The summed E-state index contributed by atoms with van der Waals surface area (Å²) in [7, 11) is 1.42. The second-order valence-corrected chi connectivity index (χ2v) is 10.6. The zero-order valence-electron chi connectivity index (χ0n) is 23.1. The molecule has 1 aliphatic heterocycles. The highest BCUT2D eigenvalue weighted by molar-refractivity contribution is 6.08. The Bertz CT molecular complexity index is 1840. The molecule has 0 bridgehead atoms. The maximum atomic E-state index is 12.6. The predicted molar refractivity (Wildman–Crippen MR) is 166 cm³/mol. The Morgan fingerprint density at radius 3 is 2.32 bits per heavy atom. The summed E-state index contributed by atoms with van der Waals surface area (Å²) >= 11 is 0. The molecule has 0 saturated carbocycles. The zero-order chi connectivity index (χ0) is 27.8. The van der Waals surface area contributed by atoms with Crippen molar-refractivity contribution in [1.82, 2.24) is 14.9 Å². The lowest BCUT2D eigenvalue weighted by Crippen LogP contribution is -2.46. The standard InChI is InChI=1S/C35H32N4O2/c1-41-35(40)34-33(29-9-4-5-10-31(29)37-34)25-15-13-24(14-16-25)27-8-3-2-7-26(27)23-38-19-21-39(22-20-38)32-12-6-11-30-28(32)17-18-36-30/h2-18,36-37H,19-23H2,1H3. The number of para-hydroxylation sites is 1. The number of nitrogens with one attached hydrogen (secondary N) is 2. The third-order valence-electron chi connectivity index (χ3n) is 8.28. The highest BCUT2D eigenvalue weighted by atomic mass is 16.5. The van der Waals surface area contributed by atoms with Gasteiger partial charge < -0.3 is 19.6 Å². The van der Waals surface area contributed by atoms with Crippen molar-refractivity contribution < 1.29 is 9.53 Å². The van der Waals surface area contributed by atoms with Crippen molar-refractivity contribution in [3.63, 3.8) is 0 Å². The molecule has 0 atom stereocenters. The van der Waals surface area contributed by atoms with Gasteiger partial charge in [0.2, 0.25) is 0 Å². The van der Waals surface area contributed by atoms with Crippen molar-refractivity contribution in [3.8, 4) is 22.3 Å². The van der Waals surface area contributed by atoms with Crippen LogP contribution in [0.25, 0.3) is 44.1 Å². The topological polar surface area (TPSA) is 64.4 Å². The average molecular weight is 541 g/mol. The fourth-order valence-corrected chi connectivity index (χ4v) is 6.19. The minimum atomic E-state index is -0.365. The molecule has 41 heavy (non-hydrogen) atoms. The number of aromatic amines is 2. The van der Waals surface area contributed by atoms with E-state index in [-0.39, 0.29) is 5.97 Å². The van der Waals surface area contributed by atoms with Crippen LogP contribution < -0.4 is 4.90 Å². The number of anilines is 1. The molecule has 3 heterocycles. The molecule has 0 amide bonds. The van der Waals surface area contributed by atoms with E-state index in [4.69, 9.17) is 4.74 Å². The molecule has 6 nitrogen and oxygen atoms in total. The lowest BCUT2D eigenvalue weighted by molar-refractivity contribution is 0.0596. The highest BCUT2D eigenvalue weighted by Gasteiger charge is 2.21. The number of H-pyrrole nitrogens is 2. The molecule has 4 aromatic carbocycles. The van der Waals surface area contributed by atoms with Gasteiger partial charge in [0.15, 0.2) is 0 Å². The number of benzene rings is 4. The van der Waals surface area contributed by atoms with Crippen LogP contribution >= 0.6 is 0 Å². The van der Waals surface area contributed by atoms with Crippen LogP contribution in [0.3, 0.4) is 0 Å². The first kappa shape index (κ1) is 25.2. The van der Waals surface area contributed by atoms with Gasteiger partial charge in [0, 0.05) is 72.0 Å². The third kappa shape index (κ3) is 4.66. The highest BCUT2D eigenvalue weighted by Crippen LogP contribution is 2.35. The molecule has 0 aliphatic carbocycles. The van der Waals surface area contributed by atoms with Gasteiger partial charge in [-0.25, -0.2) is 4.79 Å². The van der Waals surface area contributed by atoms with E-state index in [0.29, 0.717) is 5.69 Å². The van der Waals surface area contributed by atoms with E-state index >= 15 is 0 Å². The number of aromatic nitrogens is 2. The summed E-state index contributed by atoms with van der Waals surface area (Å²) in [4.78, 5) is 24.2. The summed E-state index contributed by atoms with van der Waals surface area (Å²) < 4.78 is 5.08. The molecule has 0 spiro atoms. The fraction of sp³-hybridized carbons (Fsp3) is 0.171. The van der Waals surface area contributed by atoms with E-state index < -0.39 is 0 Å². The van der Waals surface area contributed by atoms with Crippen LogP contribution in [0.2, 0.25) is 0 Å². The van der Waals surface area contributed by atoms with Gasteiger partial charge in [0.1, 0.15) is 5.69 Å². The lowest BCUT2D eigenvalue weighted by atomic mass is 9.95. The van der Waals surface area contributed by atoms with Crippen LogP contribution in [0, 0.1) is 0 Å². The van der Waals surface area contributed by atoms with Crippen LogP contribution in [0.15, 0.2) is 103 Å². The number of nitrogens with zero attached hydrogens (tertiary/aromatic N) is 2. The van der Waals surface area contributed by atoms with E-state index in [9.17, 15) is 4.79 Å². The van der Waals surface area contributed by atoms with Crippen molar-refractivity contribution in [2.75, 3.05) is 38.2 Å². The minimum Gasteiger partial charge on any atom is -0.464 e. The number of carbonyl (C=O) groups is 1. The number of fused-ring (bicyclic) bond motifs is 2. The van der Waals surface area contributed by atoms with E-state index in [0.717, 1.165) is 54.8 Å². The maximum absolute atomic E-state index is 12.6. The Kier molecular flexibility index (Phi) is 6.53. The molecule has 1 saturated heterocycles. The van der Waals surface area contributed by atoms with Gasteiger partial charge in [-0.15, -0.1) is 0 Å². The third-order valence-corrected chi connectivity index (χ3v) is 8.28. The molecule has 204 valence electrons. The Morgan fingerprint density at radius 1 is 0.756 bits per heavy atom. The Hall–Kier alpha value is -4.81. The molecule has 6 aromatic rings. The summed E-state index contributed by atoms with van der Waals surface area (Å²) in [6, 6.07) is 33.9. The average Bonchev–Trinajstić information content (AvgIpc) is 3.67. The van der Waals surface area contributed by atoms with Gasteiger partial charge in [0.05, 0.1) is 7.11 Å². The van der Waals surface area contributed by atoms with Crippen molar-refractivity contribution in [3.05, 3.63) is 115 Å². The first-order valence-electron chi connectivity index (χ1n) is 14.1. The molecule has 7 rings (SSSR count). The van der Waals surface area contributed by atoms with Gasteiger partial charge in [-0.3, -0.25) is 4.90 Å². The summed E-state index contributed by atoms with van der Waals surface area (Å²) in [6.07, 6.45) is 2.02. The molecule has 1 aliphatic rings. The fourth-order valence-electron chi connectivity index (χ4n) is 6.19. The molecule has 1 fully saturated rings. The Balaban J connectivity index is 1.11. The van der Waals surface area contributed by atoms with E-state index in [1.807, 2.05) is 30.5 Å². The molecule has 0 radical (unpaired) electrons. The van der Waals surface area contributed by atoms with E-state index in [1.165, 1.54) is 40.4 Å². The van der Waals surface area contributed by atoms with Gasteiger partial charge in [-0.05, 0) is 46.5 Å². The number of piperazine rings is 1. The monoisotopic (exact) mass is 540 g/mol. The van der Waals surface area contributed by atoms with Gasteiger partial charge in [-0.2, -0.15) is 0 Å². The molecule has 0 unspecified atom stereocenters. The van der Waals surface area contributed by atoms with Crippen LogP contribution in [0.1, 0.15) is 16.1 Å². The second kappa shape index (κ2) is 10.6. The molecule has 2 aromatic heterocycles. The van der Waals surface area contributed by atoms with Crippen molar-refractivity contribution in [2.24, 2.45) is 0 Å². The Morgan fingerprint density at radius 2 is 1.49 bits per heavy atom.